The smallest absolute Gasteiger partial charge is 0.164 e. The first kappa shape index (κ1) is 40.7. The molecule has 0 unspecified atom stereocenters. The highest BCUT2D eigenvalue weighted by molar-refractivity contribution is 5.91. The van der Waals surface area contributed by atoms with E-state index in [1.807, 2.05) is 60.7 Å². The van der Waals surface area contributed by atoms with Crippen LogP contribution in [0.3, 0.4) is 0 Å². The van der Waals surface area contributed by atoms with Crippen molar-refractivity contribution >= 4 is 0 Å². The molecule has 1 heterocycles. The maximum Gasteiger partial charge on any atom is 0.164 e. The van der Waals surface area contributed by atoms with Gasteiger partial charge in [-0.3, -0.25) is 0 Å². The van der Waals surface area contributed by atoms with Gasteiger partial charge in [0.05, 0.1) is 10.8 Å². The molecule has 3 nitrogen and oxygen atoms in total. The highest BCUT2D eigenvalue weighted by atomic mass is 15.0. The molecule has 0 amide bonds. The van der Waals surface area contributed by atoms with Gasteiger partial charge in [-0.05, 0) is 78.9 Å². The van der Waals surface area contributed by atoms with E-state index in [9.17, 15) is 0 Å². The van der Waals surface area contributed by atoms with Gasteiger partial charge >= 0.3 is 0 Å². The van der Waals surface area contributed by atoms with Crippen LogP contribution < -0.4 is 0 Å². The summed E-state index contributed by atoms with van der Waals surface area (Å²) in [6.45, 7) is 0. The lowest BCUT2D eigenvalue weighted by Crippen LogP contribution is -2.54. The molecule has 11 aromatic rings. The van der Waals surface area contributed by atoms with Crippen LogP contribution in [0.4, 0.5) is 0 Å². The van der Waals surface area contributed by atoms with E-state index in [0.717, 1.165) is 38.9 Å². The molecule has 0 N–H and O–H groups in total. The van der Waals surface area contributed by atoms with E-state index in [2.05, 4.69) is 212 Å². The minimum Gasteiger partial charge on any atom is -0.208 e. The molecule has 0 spiro atoms. The van der Waals surface area contributed by atoms with Crippen LogP contribution in [0.15, 0.2) is 273 Å². The molecular weight excluding hydrogens is 823 g/mol. The first-order chi connectivity index (χ1) is 33.7. The van der Waals surface area contributed by atoms with Crippen molar-refractivity contribution in [2.45, 2.75) is 10.8 Å². The van der Waals surface area contributed by atoms with Crippen molar-refractivity contribution < 1.29 is 0 Å². The number of rotatable bonds is 9. The molecule has 0 atom stereocenters. The molecule has 0 fully saturated rings. The minimum absolute atomic E-state index is 0.623. The van der Waals surface area contributed by atoms with Gasteiger partial charge in [-0.25, -0.2) is 15.0 Å². The average Bonchev–Trinajstić information content (AvgIpc) is 3.44. The molecule has 12 rings (SSSR count). The van der Waals surface area contributed by atoms with Crippen LogP contribution in [0.25, 0.3) is 67.5 Å². The Hall–Kier alpha value is -8.79. The number of fused-ring (bicyclic) bond motifs is 3. The maximum absolute atomic E-state index is 5.10. The minimum atomic E-state index is -0.752. The molecule has 0 saturated carbocycles. The van der Waals surface area contributed by atoms with Crippen LogP contribution in [0.1, 0.15) is 33.4 Å². The summed E-state index contributed by atoms with van der Waals surface area (Å²) >= 11 is 0. The van der Waals surface area contributed by atoms with Crippen molar-refractivity contribution in [3.05, 3.63) is 306 Å². The Balaban J connectivity index is 1.11. The Morgan fingerprint density at radius 2 is 0.529 bits per heavy atom. The summed E-state index contributed by atoms with van der Waals surface area (Å²) in [6, 6.07) is 98.8. The molecule has 0 aliphatic heterocycles. The highest BCUT2D eigenvalue weighted by Gasteiger charge is 2.61. The lowest BCUT2D eigenvalue weighted by atomic mass is 9.43. The summed E-state index contributed by atoms with van der Waals surface area (Å²) in [4.78, 5) is 15.2. The average molecular weight is 868 g/mol. The zero-order valence-electron chi connectivity index (χ0n) is 37.3. The first-order valence-electron chi connectivity index (χ1n) is 23.3. The summed E-state index contributed by atoms with van der Waals surface area (Å²) in [7, 11) is 0. The Labute approximate surface area is 397 Å². The Kier molecular flexibility index (Phi) is 10.3. The number of aromatic nitrogens is 3. The van der Waals surface area contributed by atoms with Crippen molar-refractivity contribution in [3.8, 4) is 67.5 Å². The van der Waals surface area contributed by atoms with E-state index in [1.165, 1.54) is 44.5 Å². The van der Waals surface area contributed by atoms with E-state index in [4.69, 9.17) is 15.0 Å². The second-order valence-corrected chi connectivity index (χ2v) is 17.4. The van der Waals surface area contributed by atoms with Gasteiger partial charge in [-0.2, -0.15) is 0 Å². The SMILES string of the molecule is c1ccc(-c2nc(-c3ccccc3)nc(-c3cccc(-c4ccccc4-c4ccc5c(c4)C(c4ccccc4)(c4ccccc4)C(c4ccccc4)(c4ccccc4)c4ccccc4-5)c3)n2)cc1. The predicted octanol–water partition coefficient (Wildman–Crippen LogP) is 15.6. The monoisotopic (exact) mass is 867 g/mol. The fourth-order valence-corrected chi connectivity index (χ4v) is 11.0. The van der Waals surface area contributed by atoms with E-state index in [-0.39, 0.29) is 0 Å². The topological polar surface area (TPSA) is 38.7 Å². The molecule has 0 bridgehead atoms. The summed E-state index contributed by atoms with van der Waals surface area (Å²) in [5.41, 5.74) is 15.6. The van der Waals surface area contributed by atoms with Gasteiger partial charge < -0.3 is 0 Å². The van der Waals surface area contributed by atoms with Gasteiger partial charge in [-0.1, -0.05) is 261 Å². The molecule has 3 heteroatoms. The van der Waals surface area contributed by atoms with Crippen LogP contribution in [0, 0.1) is 0 Å². The maximum atomic E-state index is 5.10. The third-order valence-corrected chi connectivity index (χ3v) is 13.8. The molecule has 0 saturated heterocycles. The second kappa shape index (κ2) is 17.2. The third kappa shape index (κ3) is 6.62. The van der Waals surface area contributed by atoms with Crippen LogP contribution in [-0.2, 0) is 10.8 Å². The van der Waals surface area contributed by atoms with E-state index in [1.54, 1.807) is 0 Å². The first-order valence-corrected chi connectivity index (χ1v) is 23.3. The molecule has 1 aliphatic rings. The standard InChI is InChI=1S/C65H45N3/c1-7-24-46(25-8-1)61-66-62(47-26-9-2-10-27-47)68-63(67-61)50-29-23-28-48(44-50)55-38-19-20-39-56(55)49-42-43-58-57-40-21-22-41-59(57)64(51-30-11-3-12-31-51,52-32-13-4-14-33-52)65(60(58)45-49,53-34-15-5-16-35-53)54-36-17-6-18-37-54/h1-45H. The number of hydrogen-bond acceptors (Lipinski definition) is 3. The van der Waals surface area contributed by atoms with E-state index in [0.29, 0.717) is 17.5 Å². The van der Waals surface area contributed by atoms with E-state index >= 15 is 0 Å². The fourth-order valence-electron chi connectivity index (χ4n) is 11.0. The zero-order valence-corrected chi connectivity index (χ0v) is 37.3. The second-order valence-electron chi connectivity index (χ2n) is 17.4. The molecule has 10 aromatic carbocycles. The van der Waals surface area contributed by atoms with Gasteiger partial charge in [0.25, 0.3) is 0 Å². The van der Waals surface area contributed by atoms with Crippen LogP contribution in [-0.4, -0.2) is 15.0 Å². The Morgan fingerprint density at radius 1 is 0.206 bits per heavy atom. The molecule has 320 valence electrons. The molecule has 68 heavy (non-hydrogen) atoms. The van der Waals surface area contributed by atoms with Crippen LogP contribution in [0.5, 0.6) is 0 Å². The van der Waals surface area contributed by atoms with E-state index < -0.39 is 10.8 Å². The highest BCUT2D eigenvalue weighted by Crippen LogP contribution is 2.65. The predicted molar refractivity (Wildman–Crippen MR) is 278 cm³/mol. The number of benzene rings is 10. The summed E-state index contributed by atoms with van der Waals surface area (Å²) in [6.07, 6.45) is 0. The van der Waals surface area contributed by atoms with Gasteiger partial charge in [0, 0.05) is 16.7 Å². The van der Waals surface area contributed by atoms with Crippen LogP contribution >= 0.6 is 0 Å². The van der Waals surface area contributed by atoms with Crippen molar-refractivity contribution in [2.75, 3.05) is 0 Å². The lowest BCUT2D eigenvalue weighted by molar-refractivity contribution is 0.415. The summed E-state index contributed by atoms with van der Waals surface area (Å²) < 4.78 is 0. The van der Waals surface area contributed by atoms with Crippen molar-refractivity contribution in [1.82, 2.24) is 15.0 Å². The molecular formula is C65H45N3. The van der Waals surface area contributed by atoms with Crippen molar-refractivity contribution in [1.29, 1.82) is 0 Å². The zero-order chi connectivity index (χ0) is 45.3. The molecule has 0 radical (unpaired) electrons. The van der Waals surface area contributed by atoms with Gasteiger partial charge in [0.15, 0.2) is 17.5 Å². The fraction of sp³-hybridized carbons (Fsp3) is 0.0308. The third-order valence-electron chi connectivity index (χ3n) is 13.8. The van der Waals surface area contributed by atoms with Crippen LogP contribution in [0.2, 0.25) is 0 Å². The van der Waals surface area contributed by atoms with Gasteiger partial charge in [0.2, 0.25) is 0 Å². The summed E-state index contributed by atoms with van der Waals surface area (Å²) in [5, 5.41) is 0. The quantitative estimate of drug-likeness (QED) is 0.145. The van der Waals surface area contributed by atoms with Crippen molar-refractivity contribution in [2.24, 2.45) is 0 Å². The normalized spacial score (nSPS) is 13.2. The molecule has 1 aromatic heterocycles. The Bertz CT molecular complexity index is 3400. The Morgan fingerprint density at radius 3 is 1.00 bits per heavy atom. The summed E-state index contributed by atoms with van der Waals surface area (Å²) in [5.74, 6) is 1.90. The number of hydrogen-bond donors (Lipinski definition) is 0. The lowest BCUT2D eigenvalue weighted by Gasteiger charge is -2.57. The molecule has 1 aliphatic carbocycles. The number of nitrogens with zero attached hydrogens (tertiary/aromatic N) is 3. The van der Waals surface area contributed by atoms with Gasteiger partial charge in [0.1, 0.15) is 0 Å². The largest absolute Gasteiger partial charge is 0.208 e. The van der Waals surface area contributed by atoms with Crippen molar-refractivity contribution in [3.63, 3.8) is 0 Å². The van der Waals surface area contributed by atoms with Gasteiger partial charge in [-0.15, -0.1) is 0 Å².